The number of benzene rings is 1. The Morgan fingerprint density at radius 2 is 1.96 bits per heavy atom. The zero-order valence-electron chi connectivity index (χ0n) is 14.9. The Hall–Kier alpha value is -2.14. The highest BCUT2D eigenvalue weighted by Gasteiger charge is 2.29. The summed E-state index contributed by atoms with van der Waals surface area (Å²) in [4.78, 5) is 28.5. The standard InChI is InChI=1S/C19H22ClNO4/c1-5-25-18(24)16-11(9-10-14(22)23)15-12(20)7-6-8-13(15)21-17(16)19(2,3)4/h6-8H,5,9-10H2,1-4H3,(H,22,23). The van der Waals surface area contributed by atoms with Gasteiger partial charge in [-0.2, -0.15) is 0 Å². The minimum Gasteiger partial charge on any atom is -0.481 e. The predicted molar refractivity (Wildman–Crippen MR) is 97.4 cm³/mol. The molecule has 6 heteroatoms. The molecular formula is C19H22ClNO4. The summed E-state index contributed by atoms with van der Waals surface area (Å²) in [5.41, 5.74) is 1.72. The zero-order valence-corrected chi connectivity index (χ0v) is 15.6. The van der Waals surface area contributed by atoms with Crippen molar-refractivity contribution < 1.29 is 19.4 Å². The second kappa shape index (κ2) is 7.40. The van der Waals surface area contributed by atoms with E-state index >= 15 is 0 Å². The van der Waals surface area contributed by atoms with Crippen molar-refractivity contribution in [2.75, 3.05) is 6.61 Å². The molecular weight excluding hydrogens is 342 g/mol. The lowest BCUT2D eigenvalue weighted by Crippen LogP contribution is -2.23. The molecule has 2 rings (SSSR count). The first kappa shape index (κ1) is 19.2. The molecule has 1 aromatic carbocycles. The second-order valence-electron chi connectivity index (χ2n) is 6.81. The van der Waals surface area contributed by atoms with E-state index < -0.39 is 17.4 Å². The number of pyridine rings is 1. The number of esters is 1. The number of aromatic nitrogens is 1. The summed E-state index contributed by atoms with van der Waals surface area (Å²) in [6, 6.07) is 5.31. The normalized spacial score (nSPS) is 11.6. The van der Waals surface area contributed by atoms with Crippen LogP contribution in [-0.2, 0) is 21.4 Å². The number of halogens is 1. The van der Waals surface area contributed by atoms with Crippen molar-refractivity contribution >= 4 is 34.4 Å². The summed E-state index contributed by atoms with van der Waals surface area (Å²) in [5, 5.41) is 10.2. The van der Waals surface area contributed by atoms with Crippen LogP contribution < -0.4 is 0 Å². The van der Waals surface area contributed by atoms with Crippen LogP contribution in [0.15, 0.2) is 18.2 Å². The van der Waals surface area contributed by atoms with Crippen LogP contribution in [0.3, 0.4) is 0 Å². The summed E-state index contributed by atoms with van der Waals surface area (Å²) in [6.45, 7) is 7.81. The van der Waals surface area contributed by atoms with Gasteiger partial charge in [0.15, 0.2) is 0 Å². The molecule has 5 nitrogen and oxygen atoms in total. The molecule has 0 aliphatic rings. The maximum absolute atomic E-state index is 12.7. The van der Waals surface area contributed by atoms with E-state index in [1.807, 2.05) is 26.8 Å². The molecule has 0 aliphatic carbocycles. The summed E-state index contributed by atoms with van der Waals surface area (Å²) < 4.78 is 5.23. The van der Waals surface area contributed by atoms with Crippen molar-refractivity contribution in [3.63, 3.8) is 0 Å². The second-order valence-corrected chi connectivity index (χ2v) is 7.22. The van der Waals surface area contributed by atoms with Crippen LogP contribution in [0, 0.1) is 0 Å². The minimum absolute atomic E-state index is 0.111. The Morgan fingerprint density at radius 1 is 1.28 bits per heavy atom. The number of carboxylic acid groups (broad SMARTS) is 1. The summed E-state index contributed by atoms with van der Waals surface area (Å²) in [7, 11) is 0. The number of carboxylic acids is 1. The van der Waals surface area contributed by atoms with Gasteiger partial charge in [0.1, 0.15) is 0 Å². The van der Waals surface area contributed by atoms with Gasteiger partial charge in [0.2, 0.25) is 0 Å². The highest BCUT2D eigenvalue weighted by atomic mass is 35.5. The fraction of sp³-hybridized carbons (Fsp3) is 0.421. The van der Waals surface area contributed by atoms with Crippen molar-refractivity contribution in [2.45, 2.75) is 46.0 Å². The predicted octanol–water partition coefficient (Wildman–Crippen LogP) is 4.38. The van der Waals surface area contributed by atoms with E-state index in [0.29, 0.717) is 32.7 Å². The molecule has 1 aromatic heterocycles. The van der Waals surface area contributed by atoms with E-state index in [1.54, 1.807) is 19.1 Å². The first-order chi connectivity index (χ1) is 11.7. The van der Waals surface area contributed by atoms with Crippen molar-refractivity contribution in [3.8, 4) is 0 Å². The number of nitrogens with zero attached hydrogens (tertiary/aromatic N) is 1. The van der Waals surface area contributed by atoms with Crippen LogP contribution in [0.2, 0.25) is 5.02 Å². The molecule has 25 heavy (non-hydrogen) atoms. The molecule has 2 aromatic rings. The van der Waals surface area contributed by atoms with Gasteiger partial charge < -0.3 is 9.84 Å². The number of fused-ring (bicyclic) bond motifs is 1. The number of aliphatic carboxylic acids is 1. The van der Waals surface area contributed by atoms with Gasteiger partial charge in [-0.15, -0.1) is 0 Å². The van der Waals surface area contributed by atoms with E-state index in [2.05, 4.69) is 4.98 Å². The monoisotopic (exact) mass is 363 g/mol. The van der Waals surface area contributed by atoms with E-state index in [0.717, 1.165) is 0 Å². The van der Waals surface area contributed by atoms with Crippen LogP contribution in [0.25, 0.3) is 10.9 Å². The molecule has 1 heterocycles. The fourth-order valence-corrected chi connectivity index (χ4v) is 3.08. The molecule has 0 bridgehead atoms. The number of hydrogen-bond donors (Lipinski definition) is 1. The van der Waals surface area contributed by atoms with Gasteiger partial charge in [-0.3, -0.25) is 9.78 Å². The van der Waals surface area contributed by atoms with E-state index in [-0.39, 0.29) is 19.4 Å². The molecule has 0 saturated carbocycles. The number of aryl methyl sites for hydroxylation is 1. The van der Waals surface area contributed by atoms with E-state index in [9.17, 15) is 9.59 Å². The summed E-state index contributed by atoms with van der Waals surface area (Å²) >= 11 is 6.36. The van der Waals surface area contributed by atoms with Crippen LogP contribution >= 0.6 is 11.6 Å². The fourth-order valence-electron chi connectivity index (χ4n) is 2.80. The highest BCUT2D eigenvalue weighted by Crippen LogP contribution is 2.35. The molecule has 0 spiro atoms. The summed E-state index contributed by atoms with van der Waals surface area (Å²) in [5.74, 6) is -1.44. The molecule has 0 atom stereocenters. The minimum atomic E-state index is -0.941. The summed E-state index contributed by atoms with van der Waals surface area (Å²) in [6.07, 6.45) is 0.0651. The van der Waals surface area contributed by atoms with Crippen LogP contribution in [-0.4, -0.2) is 28.6 Å². The Balaban J connectivity index is 2.88. The quantitative estimate of drug-likeness (QED) is 0.798. The van der Waals surface area contributed by atoms with E-state index in [1.165, 1.54) is 0 Å². The van der Waals surface area contributed by atoms with Crippen molar-refractivity contribution in [2.24, 2.45) is 0 Å². The van der Waals surface area contributed by atoms with Crippen molar-refractivity contribution in [3.05, 3.63) is 40.0 Å². The molecule has 0 amide bonds. The first-order valence-corrected chi connectivity index (χ1v) is 8.55. The van der Waals surface area contributed by atoms with Gasteiger partial charge in [-0.1, -0.05) is 38.4 Å². The smallest absolute Gasteiger partial charge is 0.340 e. The Labute approximate surface area is 152 Å². The molecule has 0 saturated heterocycles. The number of rotatable bonds is 5. The van der Waals surface area contributed by atoms with Crippen molar-refractivity contribution in [1.82, 2.24) is 4.98 Å². The zero-order chi connectivity index (χ0) is 18.8. The Kier molecular flexibility index (Phi) is 5.68. The SMILES string of the molecule is CCOC(=O)c1c(C(C)(C)C)nc2cccc(Cl)c2c1CCC(=O)O. The van der Waals surface area contributed by atoms with Crippen LogP contribution in [0.4, 0.5) is 0 Å². The molecule has 0 unspecified atom stereocenters. The van der Waals surface area contributed by atoms with E-state index in [4.69, 9.17) is 21.4 Å². The third-order valence-corrected chi connectivity index (χ3v) is 4.16. The number of hydrogen-bond acceptors (Lipinski definition) is 4. The van der Waals surface area contributed by atoms with Crippen LogP contribution in [0.1, 0.15) is 55.7 Å². The molecule has 1 N–H and O–H groups in total. The number of carbonyl (C=O) groups excluding carboxylic acids is 1. The maximum Gasteiger partial charge on any atom is 0.340 e. The maximum atomic E-state index is 12.7. The van der Waals surface area contributed by atoms with Crippen LogP contribution in [0.5, 0.6) is 0 Å². The lowest BCUT2D eigenvalue weighted by molar-refractivity contribution is -0.136. The largest absolute Gasteiger partial charge is 0.481 e. The van der Waals surface area contributed by atoms with Gasteiger partial charge in [-0.25, -0.2) is 4.79 Å². The molecule has 0 radical (unpaired) electrons. The Morgan fingerprint density at radius 3 is 2.52 bits per heavy atom. The molecule has 0 aliphatic heterocycles. The number of ether oxygens (including phenoxy) is 1. The lowest BCUT2D eigenvalue weighted by atomic mass is 9.84. The third-order valence-electron chi connectivity index (χ3n) is 3.84. The Bertz CT molecular complexity index is 824. The number of carbonyl (C=O) groups is 2. The average molecular weight is 364 g/mol. The van der Waals surface area contributed by atoms with Gasteiger partial charge in [0, 0.05) is 17.2 Å². The highest BCUT2D eigenvalue weighted by molar-refractivity contribution is 6.35. The molecule has 0 fully saturated rings. The van der Waals surface area contributed by atoms with Gasteiger partial charge in [0.05, 0.1) is 28.4 Å². The van der Waals surface area contributed by atoms with Gasteiger partial charge >= 0.3 is 11.9 Å². The topological polar surface area (TPSA) is 76.5 Å². The van der Waals surface area contributed by atoms with Gasteiger partial charge in [0.25, 0.3) is 0 Å². The lowest BCUT2D eigenvalue weighted by Gasteiger charge is -2.24. The molecule has 134 valence electrons. The first-order valence-electron chi connectivity index (χ1n) is 8.17. The van der Waals surface area contributed by atoms with Gasteiger partial charge in [-0.05, 0) is 31.0 Å². The van der Waals surface area contributed by atoms with Crippen molar-refractivity contribution in [1.29, 1.82) is 0 Å². The third kappa shape index (κ3) is 4.10. The average Bonchev–Trinajstić information content (AvgIpc) is 2.51.